The van der Waals surface area contributed by atoms with Crippen molar-refractivity contribution in [2.45, 2.75) is 25.3 Å². The molecule has 2 heterocycles. The molecule has 0 bridgehead atoms. The second-order valence-corrected chi connectivity index (χ2v) is 6.00. The predicted molar refractivity (Wildman–Crippen MR) is 84.6 cm³/mol. The van der Waals surface area contributed by atoms with Crippen LogP contribution in [0, 0.1) is 0 Å². The number of urea groups is 1. The molecule has 21 heavy (non-hydrogen) atoms. The van der Waals surface area contributed by atoms with E-state index >= 15 is 0 Å². The first kappa shape index (κ1) is 13.9. The van der Waals surface area contributed by atoms with E-state index in [9.17, 15) is 9.59 Å². The molecule has 1 fully saturated rings. The van der Waals surface area contributed by atoms with Crippen molar-refractivity contribution in [1.82, 2.24) is 10.6 Å². The molecule has 0 spiro atoms. The normalized spacial score (nSPS) is 18.9. The first-order chi connectivity index (χ1) is 10.2. The second kappa shape index (κ2) is 6.13. The lowest BCUT2D eigenvalue weighted by Gasteiger charge is -2.16. The molecule has 3 amide bonds. The molecule has 1 aliphatic rings. The predicted octanol–water partition coefficient (Wildman–Crippen LogP) is 2.69. The molecular weight excluding hydrogens is 286 g/mol. The zero-order valence-electron chi connectivity index (χ0n) is 11.5. The van der Waals surface area contributed by atoms with Gasteiger partial charge in [0.15, 0.2) is 0 Å². The molecular formula is C15H17N3O2S. The van der Waals surface area contributed by atoms with Gasteiger partial charge in [-0.3, -0.25) is 4.79 Å². The molecule has 6 heteroatoms. The van der Waals surface area contributed by atoms with E-state index < -0.39 is 6.04 Å². The van der Waals surface area contributed by atoms with Gasteiger partial charge in [-0.25, -0.2) is 4.79 Å². The molecule has 1 atom stereocenters. The van der Waals surface area contributed by atoms with E-state index in [1.807, 2.05) is 29.6 Å². The number of hydrogen-bond donors (Lipinski definition) is 3. The van der Waals surface area contributed by atoms with Crippen LogP contribution in [0.25, 0.3) is 10.1 Å². The molecule has 3 rings (SSSR count). The van der Waals surface area contributed by atoms with E-state index in [1.165, 1.54) is 0 Å². The highest BCUT2D eigenvalue weighted by molar-refractivity contribution is 7.17. The summed E-state index contributed by atoms with van der Waals surface area (Å²) in [6, 6.07) is 7.01. The minimum absolute atomic E-state index is 0.100. The van der Waals surface area contributed by atoms with E-state index in [0.717, 1.165) is 28.6 Å². The Morgan fingerprint density at radius 2 is 2.19 bits per heavy atom. The third kappa shape index (κ3) is 3.16. The number of hydrogen-bond acceptors (Lipinski definition) is 3. The number of fused-ring (bicyclic) bond motifs is 1. The molecule has 5 nitrogen and oxygen atoms in total. The van der Waals surface area contributed by atoms with Crippen LogP contribution >= 0.6 is 11.3 Å². The minimum atomic E-state index is -0.449. The van der Waals surface area contributed by atoms with E-state index in [1.54, 1.807) is 11.3 Å². The van der Waals surface area contributed by atoms with Crippen LogP contribution in [-0.2, 0) is 4.79 Å². The molecule has 1 saturated heterocycles. The Balaban J connectivity index is 1.68. The van der Waals surface area contributed by atoms with Crippen LogP contribution in [0.2, 0.25) is 0 Å². The lowest BCUT2D eigenvalue weighted by Crippen LogP contribution is -2.47. The Labute approximate surface area is 126 Å². The molecule has 0 aliphatic carbocycles. The topological polar surface area (TPSA) is 70.2 Å². The van der Waals surface area contributed by atoms with E-state index in [4.69, 9.17) is 0 Å². The fraction of sp³-hybridized carbons (Fsp3) is 0.333. The molecule has 2 aromatic rings. The molecule has 1 aromatic carbocycles. The average molecular weight is 303 g/mol. The van der Waals surface area contributed by atoms with Gasteiger partial charge in [-0.2, -0.15) is 0 Å². The monoisotopic (exact) mass is 303 g/mol. The van der Waals surface area contributed by atoms with Gasteiger partial charge in [0.25, 0.3) is 0 Å². The molecule has 1 unspecified atom stereocenters. The third-order valence-electron chi connectivity index (χ3n) is 3.57. The summed E-state index contributed by atoms with van der Waals surface area (Å²) < 4.78 is 1.04. The van der Waals surface area contributed by atoms with Gasteiger partial charge in [0.05, 0.1) is 10.4 Å². The van der Waals surface area contributed by atoms with Crippen LogP contribution in [0.15, 0.2) is 29.6 Å². The Kier molecular flexibility index (Phi) is 4.06. The number of anilines is 1. The lowest BCUT2D eigenvalue weighted by molar-refractivity contribution is -0.122. The number of nitrogens with one attached hydrogen (secondary N) is 3. The fourth-order valence-electron chi connectivity index (χ4n) is 2.49. The largest absolute Gasteiger partial charge is 0.354 e. The number of rotatable bonds is 2. The Hall–Kier alpha value is -2.08. The number of amides is 3. The summed E-state index contributed by atoms with van der Waals surface area (Å²) in [5.74, 6) is -0.100. The fourth-order valence-corrected chi connectivity index (χ4v) is 3.35. The summed E-state index contributed by atoms with van der Waals surface area (Å²) >= 11 is 1.58. The highest BCUT2D eigenvalue weighted by atomic mass is 32.1. The molecule has 3 N–H and O–H groups in total. The smallest absolute Gasteiger partial charge is 0.319 e. The van der Waals surface area contributed by atoms with Crippen molar-refractivity contribution >= 4 is 39.0 Å². The first-order valence-electron chi connectivity index (χ1n) is 7.05. The van der Waals surface area contributed by atoms with Crippen LogP contribution in [0.5, 0.6) is 0 Å². The van der Waals surface area contributed by atoms with Gasteiger partial charge in [-0.15, -0.1) is 11.3 Å². The van der Waals surface area contributed by atoms with Gasteiger partial charge >= 0.3 is 6.03 Å². The van der Waals surface area contributed by atoms with Gasteiger partial charge < -0.3 is 16.0 Å². The van der Waals surface area contributed by atoms with Crippen molar-refractivity contribution < 1.29 is 9.59 Å². The third-order valence-corrected chi connectivity index (χ3v) is 4.53. The summed E-state index contributed by atoms with van der Waals surface area (Å²) in [6.07, 6.45) is 2.58. The van der Waals surface area contributed by atoms with E-state index in [2.05, 4.69) is 16.0 Å². The van der Waals surface area contributed by atoms with Gasteiger partial charge in [0.1, 0.15) is 6.04 Å². The summed E-state index contributed by atoms with van der Waals surface area (Å²) in [5.41, 5.74) is 0.772. The van der Waals surface area contributed by atoms with Crippen LogP contribution in [0.3, 0.4) is 0 Å². The van der Waals surface area contributed by atoms with Crippen LogP contribution in [0.1, 0.15) is 19.3 Å². The second-order valence-electron chi connectivity index (χ2n) is 5.08. The minimum Gasteiger partial charge on any atom is -0.354 e. The first-order valence-corrected chi connectivity index (χ1v) is 7.93. The maximum absolute atomic E-state index is 12.1. The number of thiophene rings is 1. The highest BCUT2D eigenvalue weighted by Gasteiger charge is 2.22. The number of carbonyl (C=O) groups excluding carboxylic acids is 2. The molecule has 0 saturated carbocycles. The zero-order valence-corrected chi connectivity index (χ0v) is 12.3. The maximum atomic E-state index is 12.1. The molecule has 1 aromatic heterocycles. The summed E-state index contributed by atoms with van der Waals surface area (Å²) in [7, 11) is 0. The standard InChI is InChI=1S/C15H17N3O2S/c19-14-12(5-1-2-8-16-14)18-15(20)17-11-6-3-4-10-7-9-21-13(10)11/h3-4,6-7,9,12H,1-2,5,8H2,(H,16,19)(H2,17,18,20). The van der Waals surface area contributed by atoms with Crippen molar-refractivity contribution in [3.63, 3.8) is 0 Å². The van der Waals surface area contributed by atoms with Gasteiger partial charge in [0, 0.05) is 6.54 Å². The molecule has 110 valence electrons. The molecule has 0 radical (unpaired) electrons. The van der Waals surface area contributed by atoms with Gasteiger partial charge in [0.2, 0.25) is 5.91 Å². The Bertz CT molecular complexity index is 668. The lowest BCUT2D eigenvalue weighted by atomic mass is 10.1. The highest BCUT2D eigenvalue weighted by Crippen LogP contribution is 2.28. The molecule has 1 aliphatic heterocycles. The Morgan fingerprint density at radius 3 is 3.10 bits per heavy atom. The van der Waals surface area contributed by atoms with E-state index in [0.29, 0.717) is 13.0 Å². The zero-order chi connectivity index (χ0) is 14.7. The number of carbonyl (C=O) groups is 2. The Morgan fingerprint density at radius 1 is 1.29 bits per heavy atom. The summed E-state index contributed by atoms with van der Waals surface area (Å²) in [4.78, 5) is 23.9. The summed E-state index contributed by atoms with van der Waals surface area (Å²) in [6.45, 7) is 0.688. The maximum Gasteiger partial charge on any atom is 0.319 e. The van der Waals surface area contributed by atoms with Crippen molar-refractivity contribution in [3.8, 4) is 0 Å². The van der Waals surface area contributed by atoms with Crippen molar-refractivity contribution in [2.24, 2.45) is 0 Å². The van der Waals surface area contributed by atoms with Crippen molar-refractivity contribution in [1.29, 1.82) is 0 Å². The average Bonchev–Trinajstić information content (AvgIpc) is 2.86. The quantitative estimate of drug-likeness (QED) is 0.798. The van der Waals surface area contributed by atoms with Gasteiger partial charge in [-0.05, 0) is 42.2 Å². The van der Waals surface area contributed by atoms with Crippen LogP contribution < -0.4 is 16.0 Å². The van der Waals surface area contributed by atoms with Crippen LogP contribution in [-0.4, -0.2) is 24.5 Å². The van der Waals surface area contributed by atoms with E-state index in [-0.39, 0.29) is 11.9 Å². The summed E-state index contributed by atoms with van der Waals surface area (Å²) in [5, 5.41) is 11.5. The van der Waals surface area contributed by atoms with Crippen molar-refractivity contribution in [2.75, 3.05) is 11.9 Å². The van der Waals surface area contributed by atoms with Gasteiger partial charge in [-0.1, -0.05) is 12.1 Å². The van der Waals surface area contributed by atoms with Crippen molar-refractivity contribution in [3.05, 3.63) is 29.6 Å². The SMILES string of the molecule is O=C(Nc1cccc2ccsc12)NC1CCCCNC1=O. The number of benzene rings is 1. The van der Waals surface area contributed by atoms with Crippen LogP contribution in [0.4, 0.5) is 10.5 Å².